The summed E-state index contributed by atoms with van der Waals surface area (Å²) < 4.78 is 0. The summed E-state index contributed by atoms with van der Waals surface area (Å²) in [6.07, 6.45) is 5.16. The molecule has 1 aromatic rings. The van der Waals surface area contributed by atoms with Gasteiger partial charge in [0.2, 0.25) is 0 Å². The van der Waals surface area contributed by atoms with Crippen molar-refractivity contribution in [2.45, 2.75) is 26.2 Å². The molecule has 0 spiro atoms. The van der Waals surface area contributed by atoms with Gasteiger partial charge in [-0.05, 0) is 24.5 Å². The number of unbranched alkanes of at least 4 members (excludes halogenated alkanes) is 1. The molecule has 0 aliphatic heterocycles. The molecular weight excluding hydrogens is 193 g/mol. The molecule has 0 aliphatic carbocycles. The van der Waals surface area contributed by atoms with Crippen molar-refractivity contribution in [2.75, 3.05) is 0 Å². The van der Waals surface area contributed by atoms with Gasteiger partial charge in [-0.25, -0.2) is 4.98 Å². The summed E-state index contributed by atoms with van der Waals surface area (Å²) in [4.78, 5) is 3.97. The van der Waals surface area contributed by atoms with Crippen LogP contribution in [-0.4, -0.2) is 4.98 Å². The van der Waals surface area contributed by atoms with Crippen molar-refractivity contribution >= 4 is 23.2 Å². The van der Waals surface area contributed by atoms with E-state index >= 15 is 0 Å². The minimum atomic E-state index is 0.386. The van der Waals surface area contributed by atoms with Crippen molar-refractivity contribution in [3.8, 4) is 0 Å². The molecule has 0 aliphatic rings. The van der Waals surface area contributed by atoms with Gasteiger partial charge in [0.1, 0.15) is 5.15 Å². The lowest BCUT2D eigenvalue weighted by Gasteiger charge is -2.00. The fraction of sp³-hybridized carbons (Fsp3) is 0.444. The Balaban J connectivity index is 2.69. The minimum Gasteiger partial charge on any atom is -0.243 e. The highest BCUT2D eigenvalue weighted by atomic mass is 35.5. The summed E-state index contributed by atoms with van der Waals surface area (Å²) in [5.74, 6) is 0. The van der Waals surface area contributed by atoms with Crippen molar-refractivity contribution in [3.63, 3.8) is 0 Å². The largest absolute Gasteiger partial charge is 0.243 e. The van der Waals surface area contributed by atoms with Crippen LogP contribution in [0, 0.1) is 0 Å². The Morgan fingerprint density at radius 3 is 2.75 bits per heavy atom. The lowest BCUT2D eigenvalue weighted by molar-refractivity contribution is 0.792. The van der Waals surface area contributed by atoms with E-state index in [1.54, 1.807) is 6.20 Å². The van der Waals surface area contributed by atoms with E-state index in [0.717, 1.165) is 12.0 Å². The minimum absolute atomic E-state index is 0.386. The van der Waals surface area contributed by atoms with Crippen molar-refractivity contribution in [3.05, 3.63) is 28.0 Å². The molecule has 12 heavy (non-hydrogen) atoms. The van der Waals surface area contributed by atoms with Gasteiger partial charge in [0, 0.05) is 6.20 Å². The Labute approximate surface area is 82.7 Å². The van der Waals surface area contributed by atoms with Crippen LogP contribution in [0.25, 0.3) is 0 Å². The van der Waals surface area contributed by atoms with Crippen LogP contribution in [0.1, 0.15) is 25.3 Å². The number of aromatic nitrogens is 1. The fourth-order valence-corrected chi connectivity index (χ4v) is 1.27. The van der Waals surface area contributed by atoms with E-state index in [0.29, 0.717) is 10.2 Å². The van der Waals surface area contributed by atoms with Gasteiger partial charge in [-0.15, -0.1) is 0 Å². The van der Waals surface area contributed by atoms with Crippen LogP contribution in [0.15, 0.2) is 12.3 Å². The molecule has 0 atom stereocenters. The topological polar surface area (TPSA) is 12.9 Å². The SMILES string of the molecule is CCCCc1cnc(Cl)c(Cl)c1. The zero-order valence-corrected chi connectivity index (χ0v) is 8.49. The van der Waals surface area contributed by atoms with E-state index in [2.05, 4.69) is 11.9 Å². The maximum absolute atomic E-state index is 5.80. The van der Waals surface area contributed by atoms with Crippen molar-refractivity contribution in [2.24, 2.45) is 0 Å². The van der Waals surface area contributed by atoms with E-state index in [-0.39, 0.29) is 0 Å². The molecule has 0 fully saturated rings. The second-order valence-corrected chi connectivity index (χ2v) is 3.48. The molecule has 3 heteroatoms. The first kappa shape index (κ1) is 9.82. The Morgan fingerprint density at radius 2 is 2.17 bits per heavy atom. The average Bonchev–Trinajstić information content (AvgIpc) is 2.07. The Hall–Kier alpha value is -0.270. The molecule has 0 saturated heterocycles. The van der Waals surface area contributed by atoms with E-state index in [4.69, 9.17) is 23.2 Å². The summed E-state index contributed by atoms with van der Waals surface area (Å²) in [7, 11) is 0. The highest BCUT2D eigenvalue weighted by molar-refractivity contribution is 6.41. The molecular formula is C9H11Cl2N. The van der Waals surface area contributed by atoms with Gasteiger partial charge in [0.15, 0.2) is 0 Å². The number of rotatable bonds is 3. The van der Waals surface area contributed by atoms with Gasteiger partial charge in [-0.2, -0.15) is 0 Å². The highest BCUT2D eigenvalue weighted by Crippen LogP contribution is 2.20. The molecule has 1 rings (SSSR count). The second kappa shape index (κ2) is 4.68. The summed E-state index contributed by atoms with van der Waals surface area (Å²) in [5.41, 5.74) is 1.16. The molecule has 66 valence electrons. The molecule has 1 heterocycles. The second-order valence-electron chi connectivity index (χ2n) is 2.72. The molecule has 0 aromatic carbocycles. The third-order valence-corrected chi connectivity index (χ3v) is 2.36. The fourth-order valence-electron chi connectivity index (χ4n) is 0.978. The van der Waals surface area contributed by atoms with Crippen molar-refractivity contribution in [1.29, 1.82) is 0 Å². The monoisotopic (exact) mass is 203 g/mol. The van der Waals surface area contributed by atoms with E-state index in [9.17, 15) is 0 Å². The molecule has 0 amide bonds. The zero-order chi connectivity index (χ0) is 8.97. The van der Waals surface area contributed by atoms with E-state index in [1.807, 2.05) is 6.07 Å². The Bertz CT molecular complexity index is 261. The lowest BCUT2D eigenvalue weighted by atomic mass is 10.1. The number of aryl methyl sites for hydroxylation is 1. The maximum Gasteiger partial charge on any atom is 0.147 e. The lowest BCUT2D eigenvalue weighted by Crippen LogP contribution is -1.87. The number of halogens is 2. The van der Waals surface area contributed by atoms with Gasteiger partial charge < -0.3 is 0 Å². The van der Waals surface area contributed by atoms with Gasteiger partial charge in [-0.1, -0.05) is 36.5 Å². The predicted octanol–water partition coefficient (Wildman–Crippen LogP) is 3.73. The molecule has 0 N–H and O–H groups in total. The van der Waals surface area contributed by atoms with Crippen LogP contribution in [0.3, 0.4) is 0 Å². The van der Waals surface area contributed by atoms with E-state index in [1.165, 1.54) is 12.8 Å². The van der Waals surface area contributed by atoms with Gasteiger partial charge >= 0.3 is 0 Å². The molecule has 0 unspecified atom stereocenters. The van der Waals surface area contributed by atoms with Crippen LogP contribution >= 0.6 is 23.2 Å². The quantitative estimate of drug-likeness (QED) is 0.683. The maximum atomic E-state index is 5.80. The third-order valence-electron chi connectivity index (χ3n) is 1.67. The zero-order valence-electron chi connectivity index (χ0n) is 6.98. The molecule has 0 radical (unpaired) electrons. The van der Waals surface area contributed by atoms with Crippen molar-refractivity contribution in [1.82, 2.24) is 4.98 Å². The molecule has 0 saturated carbocycles. The summed E-state index contributed by atoms with van der Waals surface area (Å²) in [5, 5.41) is 0.933. The van der Waals surface area contributed by atoms with Crippen LogP contribution in [-0.2, 0) is 6.42 Å². The molecule has 1 nitrogen and oxygen atoms in total. The number of hydrogen-bond acceptors (Lipinski definition) is 1. The first-order chi connectivity index (χ1) is 5.74. The van der Waals surface area contributed by atoms with Crippen LogP contribution in [0.5, 0.6) is 0 Å². The first-order valence-corrected chi connectivity index (χ1v) is 4.79. The molecule has 0 bridgehead atoms. The van der Waals surface area contributed by atoms with E-state index < -0.39 is 0 Å². The van der Waals surface area contributed by atoms with Crippen LogP contribution in [0.2, 0.25) is 10.2 Å². The van der Waals surface area contributed by atoms with Crippen LogP contribution in [0.4, 0.5) is 0 Å². The molecule has 1 aromatic heterocycles. The smallest absolute Gasteiger partial charge is 0.147 e. The summed E-state index contributed by atoms with van der Waals surface area (Å²) >= 11 is 11.5. The summed E-state index contributed by atoms with van der Waals surface area (Å²) in [6, 6.07) is 1.88. The first-order valence-electron chi connectivity index (χ1n) is 4.04. The predicted molar refractivity (Wildman–Crippen MR) is 52.9 cm³/mol. The van der Waals surface area contributed by atoms with Crippen LogP contribution < -0.4 is 0 Å². The number of pyridine rings is 1. The Kier molecular flexibility index (Phi) is 3.83. The van der Waals surface area contributed by atoms with Gasteiger partial charge in [0.25, 0.3) is 0 Å². The third kappa shape index (κ3) is 2.65. The van der Waals surface area contributed by atoms with Gasteiger partial charge in [0.05, 0.1) is 5.02 Å². The normalized spacial score (nSPS) is 10.2. The number of hydrogen-bond donors (Lipinski definition) is 0. The van der Waals surface area contributed by atoms with Crippen molar-refractivity contribution < 1.29 is 0 Å². The summed E-state index contributed by atoms with van der Waals surface area (Å²) in [6.45, 7) is 2.16. The highest BCUT2D eigenvalue weighted by Gasteiger charge is 1.99. The van der Waals surface area contributed by atoms with Gasteiger partial charge in [-0.3, -0.25) is 0 Å². The number of nitrogens with zero attached hydrogens (tertiary/aromatic N) is 1. The standard InChI is InChI=1S/C9H11Cl2N/c1-2-3-4-7-5-8(10)9(11)12-6-7/h5-6H,2-4H2,1H3. The average molecular weight is 204 g/mol. The Morgan fingerprint density at radius 1 is 1.42 bits per heavy atom.